The third kappa shape index (κ3) is 3.92. The lowest BCUT2D eigenvalue weighted by Crippen LogP contribution is -2.64. The van der Waals surface area contributed by atoms with Crippen LogP contribution in [0.1, 0.15) is 24.8 Å². The van der Waals surface area contributed by atoms with E-state index in [2.05, 4.69) is 34.1 Å². The van der Waals surface area contributed by atoms with E-state index in [9.17, 15) is 9.59 Å². The Hall–Kier alpha value is -2.67. The summed E-state index contributed by atoms with van der Waals surface area (Å²) in [4.78, 5) is 37.5. The maximum absolute atomic E-state index is 13.0. The number of fused-ring (bicyclic) bond motifs is 1. The highest BCUT2D eigenvalue weighted by Crippen LogP contribution is 2.28. The summed E-state index contributed by atoms with van der Waals surface area (Å²) in [6.45, 7) is 3.44. The van der Waals surface area contributed by atoms with Gasteiger partial charge >= 0.3 is 6.03 Å². The molecule has 0 saturated carbocycles. The molecule has 7 heteroatoms. The van der Waals surface area contributed by atoms with Crippen molar-refractivity contribution < 1.29 is 9.59 Å². The molecule has 154 valence electrons. The van der Waals surface area contributed by atoms with Crippen molar-refractivity contribution >= 4 is 23.8 Å². The van der Waals surface area contributed by atoms with Gasteiger partial charge in [-0.2, -0.15) is 0 Å². The largest absolute Gasteiger partial charge is 0.340 e. The fourth-order valence-electron chi connectivity index (χ4n) is 4.36. The first kappa shape index (κ1) is 19.6. The van der Waals surface area contributed by atoms with Crippen LogP contribution in [0.25, 0.3) is 6.08 Å². The van der Waals surface area contributed by atoms with E-state index in [0.29, 0.717) is 6.54 Å². The average molecular weight is 396 g/mol. The number of carbonyl (C=O) groups excluding carboxylic acids is 2. The standard InChI is InChI=1S/C22H29N5O2/c1-24-20-19(21(28)25(2)22(24)29)27(15-9-12-17-10-5-3-6-11-17)18(23-20)16-26-13-7-4-8-14-26/h3,5-6,9-12,19-20H,4,7-8,13-16H2,1-2H3/b12-9+. The number of hydrogen-bond acceptors (Lipinski definition) is 5. The second-order valence-electron chi connectivity index (χ2n) is 8.00. The molecule has 0 bridgehead atoms. The fourth-order valence-corrected chi connectivity index (χ4v) is 4.36. The molecule has 3 heterocycles. The Bertz CT molecular complexity index is 816. The molecule has 1 aromatic rings. The number of carbonyl (C=O) groups is 2. The monoisotopic (exact) mass is 395 g/mol. The van der Waals surface area contributed by atoms with Crippen molar-refractivity contribution in [3.05, 3.63) is 42.0 Å². The third-order valence-electron chi connectivity index (χ3n) is 6.03. The zero-order chi connectivity index (χ0) is 20.4. The molecule has 0 aliphatic carbocycles. The molecule has 4 rings (SSSR count). The summed E-state index contributed by atoms with van der Waals surface area (Å²) >= 11 is 0. The first-order chi connectivity index (χ1) is 14.1. The molecule has 3 aliphatic rings. The molecule has 3 amide bonds. The Kier molecular flexibility index (Phi) is 5.67. The van der Waals surface area contributed by atoms with Crippen LogP contribution in [0.4, 0.5) is 4.79 Å². The summed E-state index contributed by atoms with van der Waals surface area (Å²) in [6, 6.07) is 9.37. The smallest absolute Gasteiger partial charge is 0.328 e. The molecule has 2 atom stereocenters. The minimum absolute atomic E-state index is 0.177. The summed E-state index contributed by atoms with van der Waals surface area (Å²) in [5.74, 6) is 0.728. The molecule has 0 spiro atoms. The Balaban J connectivity index is 1.57. The van der Waals surface area contributed by atoms with Gasteiger partial charge in [0, 0.05) is 20.6 Å². The van der Waals surface area contributed by atoms with Crippen LogP contribution in [-0.4, -0.2) is 89.9 Å². The van der Waals surface area contributed by atoms with Crippen molar-refractivity contribution in [1.29, 1.82) is 0 Å². The van der Waals surface area contributed by atoms with E-state index in [4.69, 9.17) is 4.99 Å². The quantitative estimate of drug-likeness (QED) is 0.766. The van der Waals surface area contributed by atoms with Gasteiger partial charge < -0.3 is 9.80 Å². The summed E-state index contributed by atoms with van der Waals surface area (Å²) < 4.78 is 0. The minimum Gasteiger partial charge on any atom is -0.340 e. The average Bonchev–Trinajstić information content (AvgIpc) is 3.10. The number of piperidine rings is 1. The number of likely N-dealkylation sites (tertiary alicyclic amines) is 1. The van der Waals surface area contributed by atoms with Crippen LogP contribution in [0, 0.1) is 0 Å². The number of nitrogens with zero attached hydrogens (tertiary/aromatic N) is 5. The van der Waals surface area contributed by atoms with Gasteiger partial charge in [0.2, 0.25) is 0 Å². The maximum Gasteiger partial charge on any atom is 0.328 e. The molecule has 0 aromatic heterocycles. The molecule has 0 radical (unpaired) electrons. The van der Waals surface area contributed by atoms with E-state index in [-0.39, 0.29) is 11.9 Å². The Morgan fingerprint density at radius 1 is 1.07 bits per heavy atom. The summed E-state index contributed by atoms with van der Waals surface area (Å²) in [5, 5.41) is 0. The Morgan fingerprint density at radius 3 is 2.52 bits per heavy atom. The van der Waals surface area contributed by atoms with E-state index < -0.39 is 12.2 Å². The van der Waals surface area contributed by atoms with Crippen molar-refractivity contribution in [3.8, 4) is 0 Å². The van der Waals surface area contributed by atoms with Crippen LogP contribution in [0.3, 0.4) is 0 Å². The van der Waals surface area contributed by atoms with Gasteiger partial charge in [0.1, 0.15) is 5.84 Å². The number of hydrogen-bond donors (Lipinski definition) is 0. The van der Waals surface area contributed by atoms with E-state index in [1.807, 2.05) is 18.2 Å². The molecule has 2 unspecified atom stereocenters. The SMILES string of the molecule is CN1C(=O)C2C(N=C(CN3CCCCC3)N2C/C=C/c2ccccc2)N(C)C1=O. The van der Waals surface area contributed by atoms with Crippen LogP contribution < -0.4 is 0 Å². The van der Waals surface area contributed by atoms with Crippen LogP contribution in [0.2, 0.25) is 0 Å². The van der Waals surface area contributed by atoms with E-state index in [0.717, 1.165) is 31.0 Å². The zero-order valence-electron chi connectivity index (χ0n) is 17.2. The number of imide groups is 1. The Labute approximate surface area is 172 Å². The minimum atomic E-state index is -0.456. The second kappa shape index (κ2) is 8.37. The van der Waals surface area contributed by atoms with Crippen molar-refractivity contribution in [1.82, 2.24) is 19.6 Å². The van der Waals surface area contributed by atoms with Gasteiger partial charge in [-0.15, -0.1) is 0 Å². The number of rotatable bonds is 5. The van der Waals surface area contributed by atoms with Gasteiger partial charge in [-0.25, -0.2) is 9.79 Å². The van der Waals surface area contributed by atoms with Gasteiger partial charge in [-0.05, 0) is 31.5 Å². The van der Waals surface area contributed by atoms with E-state index in [1.54, 1.807) is 19.0 Å². The molecular formula is C22H29N5O2. The van der Waals surface area contributed by atoms with Crippen LogP contribution in [-0.2, 0) is 4.79 Å². The summed E-state index contributed by atoms with van der Waals surface area (Å²) in [7, 11) is 3.28. The van der Waals surface area contributed by atoms with Gasteiger partial charge in [0.25, 0.3) is 5.91 Å². The topological polar surface area (TPSA) is 59.5 Å². The zero-order valence-corrected chi connectivity index (χ0v) is 17.2. The van der Waals surface area contributed by atoms with Crippen LogP contribution in [0.15, 0.2) is 41.4 Å². The molecule has 29 heavy (non-hydrogen) atoms. The van der Waals surface area contributed by atoms with Crippen molar-refractivity contribution in [3.63, 3.8) is 0 Å². The highest BCUT2D eigenvalue weighted by molar-refractivity contribution is 6.04. The van der Waals surface area contributed by atoms with Crippen molar-refractivity contribution in [2.45, 2.75) is 31.5 Å². The van der Waals surface area contributed by atoms with Gasteiger partial charge in [-0.1, -0.05) is 48.9 Å². The van der Waals surface area contributed by atoms with Gasteiger partial charge in [0.15, 0.2) is 12.2 Å². The summed E-state index contributed by atoms with van der Waals surface area (Å²) in [6.07, 6.45) is 7.38. The molecule has 2 saturated heterocycles. The van der Waals surface area contributed by atoms with Crippen molar-refractivity contribution in [2.24, 2.45) is 4.99 Å². The van der Waals surface area contributed by atoms with E-state index >= 15 is 0 Å². The predicted octanol–water partition coefficient (Wildman–Crippen LogP) is 2.12. The lowest BCUT2D eigenvalue weighted by molar-refractivity contribution is -0.136. The normalized spacial score (nSPS) is 25.7. The number of amides is 3. The number of amidine groups is 1. The number of likely N-dealkylation sites (N-methyl/N-ethyl adjacent to an activating group) is 2. The van der Waals surface area contributed by atoms with Gasteiger partial charge in [-0.3, -0.25) is 14.6 Å². The lowest BCUT2D eigenvalue weighted by atomic mass is 10.1. The van der Waals surface area contributed by atoms with Gasteiger partial charge in [0.05, 0.1) is 6.54 Å². The Morgan fingerprint density at radius 2 is 1.79 bits per heavy atom. The number of aliphatic imine (C=N–C) groups is 1. The van der Waals surface area contributed by atoms with Crippen LogP contribution >= 0.6 is 0 Å². The summed E-state index contributed by atoms with van der Waals surface area (Å²) in [5.41, 5.74) is 1.12. The molecule has 0 N–H and O–H groups in total. The number of benzene rings is 1. The highest BCUT2D eigenvalue weighted by atomic mass is 16.2. The molecule has 7 nitrogen and oxygen atoms in total. The van der Waals surface area contributed by atoms with Crippen LogP contribution in [0.5, 0.6) is 0 Å². The second-order valence-corrected chi connectivity index (χ2v) is 8.00. The lowest BCUT2D eigenvalue weighted by Gasteiger charge is -2.40. The first-order valence-electron chi connectivity index (χ1n) is 10.4. The molecule has 3 aliphatic heterocycles. The molecule has 2 fully saturated rings. The molecule has 1 aromatic carbocycles. The van der Waals surface area contributed by atoms with Crippen molar-refractivity contribution in [2.75, 3.05) is 40.3 Å². The fraction of sp³-hybridized carbons (Fsp3) is 0.500. The maximum atomic E-state index is 13.0. The van der Waals surface area contributed by atoms with E-state index in [1.165, 1.54) is 24.2 Å². The first-order valence-corrected chi connectivity index (χ1v) is 10.4. The number of urea groups is 1. The predicted molar refractivity (Wildman–Crippen MR) is 113 cm³/mol. The highest BCUT2D eigenvalue weighted by Gasteiger charge is 2.50. The third-order valence-corrected chi connectivity index (χ3v) is 6.03. The molecular weight excluding hydrogens is 366 g/mol.